The summed E-state index contributed by atoms with van der Waals surface area (Å²) < 4.78 is 65.7. The Labute approximate surface area is 168 Å². The highest BCUT2D eigenvalue weighted by Gasteiger charge is 2.30. The van der Waals surface area contributed by atoms with E-state index in [0.29, 0.717) is 17.1 Å². The zero-order chi connectivity index (χ0) is 21.5. The number of hydrogen-bond acceptors (Lipinski definition) is 4. The molecule has 1 aliphatic rings. The number of carbonyl (C=O) groups excluding carboxylic acids is 1. The van der Waals surface area contributed by atoms with Gasteiger partial charge in [0, 0.05) is 29.3 Å². The lowest BCUT2D eigenvalue weighted by Crippen LogP contribution is -2.13. The molecule has 1 amide bonds. The molecule has 0 saturated carbocycles. The van der Waals surface area contributed by atoms with E-state index in [-0.39, 0.29) is 16.2 Å². The van der Waals surface area contributed by atoms with Crippen molar-refractivity contribution in [1.82, 2.24) is 9.97 Å². The molecule has 30 heavy (non-hydrogen) atoms. The number of aromatic amines is 1. The lowest BCUT2D eigenvalue weighted by atomic mass is 10.1. The van der Waals surface area contributed by atoms with Crippen molar-refractivity contribution in [3.8, 4) is 0 Å². The van der Waals surface area contributed by atoms with E-state index < -0.39 is 27.7 Å². The van der Waals surface area contributed by atoms with E-state index in [1.165, 1.54) is 30.5 Å². The maximum atomic E-state index is 12.7. The molecular weight excluding hydrogens is 421 g/mol. The van der Waals surface area contributed by atoms with Gasteiger partial charge in [0.2, 0.25) is 0 Å². The molecule has 4 rings (SSSR count). The quantitative estimate of drug-likeness (QED) is 0.545. The van der Waals surface area contributed by atoms with Gasteiger partial charge in [-0.1, -0.05) is 0 Å². The van der Waals surface area contributed by atoms with Gasteiger partial charge >= 0.3 is 6.18 Å². The zero-order valence-electron chi connectivity index (χ0n) is 15.0. The van der Waals surface area contributed by atoms with Gasteiger partial charge < -0.3 is 10.3 Å². The van der Waals surface area contributed by atoms with Gasteiger partial charge in [-0.3, -0.25) is 9.52 Å². The van der Waals surface area contributed by atoms with Crippen molar-refractivity contribution in [3.05, 3.63) is 71.8 Å². The lowest BCUT2D eigenvalue weighted by Gasteiger charge is -2.11. The molecule has 0 bridgehead atoms. The first-order valence-corrected chi connectivity index (χ1v) is 9.99. The molecule has 0 unspecified atom stereocenters. The highest BCUT2D eigenvalue weighted by Crippen LogP contribution is 2.35. The molecule has 0 atom stereocenters. The first kappa shape index (κ1) is 19.7. The molecule has 0 saturated heterocycles. The number of alkyl halides is 3. The molecule has 11 heteroatoms. The predicted molar refractivity (Wildman–Crippen MR) is 104 cm³/mol. The number of benzene rings is 2. The van der Waals surface area contributed by atoms with Gasteiger partial charge in [0.1, 0.15) is 5.82 Å². The highest BCUT2D eigenvalue weighted by molar-refractivity contribution is 7.92. The van der Waals surface area contributed by atoms with Crippen molar-refractivity contribution in [2.75, 3.05) is 10.0 Å². The van der Waals surface area contributed by atoms with Crippen LogP contribution >= 0.6 is 0 Å². The van der Waals surface area contributed by atoms with E-state index in [1.807, 2.05) is 0 Å². The number of hydrogen-bond donors (Lipinski definition) is 3. The second-order valence-corrected chi connectivity index (χ2v) is 8.06. The van der Waals surface area contributed by atoms with Gasteiger partial charge in [0.15, 0.2) is 0 Å². The van der Waals surface area contributed by atoms with Gasteiger partial charge in [-0.2, -0.15) is 13.2 Å². The number of H-pyrrole nitrogens is 1. The fourth-order valence-corrected chi connectivity index (χ4v) is 4.00. The number of fused-ring (bicyclic) bond motifs is 1. The number of anilines is 2. The Kier molecular flexibility index (Phi) is 4.61. The van der Waals surface area contributed by atoms with E-state index in [4.69, 9.17) is 0 Å². The maximum absolute atomic E-state index is 12.7. The fourth-order valence-electron chi connectivity index (χ4n) is 2.91. The third-order valence-corrected chi connectivity index (χ3v) is 5.73. The number of imidazole rings is 1. The summed E-state index contributed by atoms with van der Waals surface area (Å²) in [6.07, 6.45) is 0.0541. The Balaban J connectivity index is 1.65. The standard InChI is InChI=1S/C19H13F3N4O3S/c20-19(21,22)11-1-3-12(4-2-11)26-30(28,29)13-5-6-16-14(9-13)15(18(27)25-16)10-17-23-7-8-24-17/h1-10,26H,(H,23,24)(H,25,27). The normalized spacial score (nSPS) is 15.2. The van der Waals surface area contributed by atoms with Crippen LogP contribution in [0.3, 0.4) is 0 Å². The van der Waals surface area contributed by atoms with Crippen LogP contribution in [0, 0.1) is 0 Å². The zero-order valence-corrected chi connectivity index (χ0v) is 15.8. The van der Waals surface area contributed by atoms with Gasteiger partial charge in [0.25, 0.3) is 15.9 Å². The molecule has 154 valence electrons. The molecular formula is C19H13F3N4O3S. The number of carbonyl (C=O) groups is 1. The summed E-state index contributed by atoms with van der Waals surface area (Å²) in [6, 6.07) is 7.68. The number of nitrogens with one attached hydrogen (secondary N) is 3. The number of sulfonamides is 1. The van der Waals surface area contributed by atoms with Crippen LogP contribution < -0.4 is 10.0 Å². The summed E-state index contributed by atoms with van der Waals surface area (Å²) in [6.45, 7) is 0. The van der Waals surface area contributed by atoms with Crippen LogP contribution in [-0.4, -0.2) is 24.3 Å². The van der Waals surface area contributed by atoms with Crippen molar-refractivity contribution < 1.29 is 26.4 Å². The van der Waals surface area contributed by atoms with Crippen LogP contribution in [0.15, 0.2) is 59.8 Å². The number of amides is 1. The summed E-state index contributed by atoms with van der Waals surface area (Å²) in [5.41, 5.74) is 0.119. The lowest BCUT2D eigenvalue weighted by molar-refractivity contribution is -0.137. The number of aromatic nitrogens is 2. The third kappa shape index (κ3) is 3.79. The molecule has 0 spiro atoms. The Morgan fingerprint density at radius 3 is 2.43 bits per heavy atom. The number of nitrogens with zero attached hydrogens (tertiary/aromatic N) is 1. The fraction of sp³-hybridized carbons (Fsp3) is 0.0526. The molecule has 1 aliphatic heterocycles. The Bertz CT molecular complexity index is 1250. The second kappa shape index (κ2) is 7.02. The molecule has 0 radical (unpaired) electrons. The largest absolute Gasteiger partial charge is 0.416 e. The van der Waals surface area contributed by atoms with Crippen LogP contribution in [0.1, 0.15) is 17.0 Å². The first-order valence-electron chi connectivity index (χ1n) is 8.50. The van der Waals surface area contributed by atoms with Crippen molar-refractivity contribution in [1.29, 1.82) is 0 Å². The summed E-state index contributed by atoms with van der Waals surface area (Å²) in [4.78, 5) is 18.9. The summed E-state index contributed by atoms with van der Waals surface area (Å²) in [5.74, 6) is 0.00999. The maximum Gasteiger partial charge on any atom is 0.416 e. The molecule has 1 aromatic heterocycles. The van der Waals surface area contributed by atoms with Gasteiger partial charge in [-0.05, 0) is 48.5 Å². The van der Waals surface area contributed by atoms with Crippen LogP contribution in [0.5, 0.6) is 0 Å². The van der Waals surface area contributed by atoms with Gasteiger partial charge in [0.05, 0.1) is 16.0 Å². The Hall–Kier alpha value is -3.60. The number of rotatable bonds is 4. The van der Waals surface area contributed by atoms with Crippen LogP contribution in [-0.2, 0) is 21.0 Å². The number of halogens is 3. The summed E-state index contributed by atoms with van der Waals surface area (Å²) in [7, 11) is -4.11. The van der Waals surface area contributed by atoms with Gasteiger partial charge in [-0.25, -0.2) is 13.4 Å². The van der Waals surface area contributed by atoms with Crippen LogP contribution in [0.2, 0.25) is 0 Å². The van der Waals surface area contributed by atoms with E-state index in [2.05, 4.69) is 20.0 Å². The van der Waals surface area contributed by atoms with Crippen LogP contribution in [0.25, 0.3) is 11.6 Å². The molecule has 0 fully saturated rings. The van der Waals surface area contributed by atoms with Crippen LogP contribution in [0.4, 0.5) is 24.5 Å². The molecule has 2 aromatic carbocycles. The first-order chi connectivity index (χ1) is 14.1. The molecule has 7 nitrogen and oxygen atoms in total. The third-order valence-electron chi connectivity index (χ3n) is 4.35. The SMILES string of the molecule is O=C1Nc2ccc(S(=O)(=O)Nc3ccc(C(F)(F)F)cc3)cc2C1=Cc1ncc[nH]1. The summed E-state index contributed by atoms with van der Waals surface area (Å²) in [5, 5.41) is 2.64. The predicted octanol–water partition coefficient (Wildman–Crippen LogP) is 3.72. The van der Waals surface area contributed by atoms with Crippen molar-refractivity contribution >= 4 is 39.0 Å². The van der Waals surface area contributed by atoms with Crippen molar-refractivity contribution in [3.63, 3.8) is 0 Å². The minimum absolute atomic E-state index is 0.0240. The van der Waals surface area contributed by atoms with E-state index >= 15 is 0 Å². The minimum atomic E-state index is -4.52. The summed E-state index contributed by atoms with van der Waals surface area (Å²) >= 11 is 0. The minimum Gasteiger partial charge on any atom is -0.345 e. The van der Waals surface area contributed by atoms with E-state index in [1.54, 1.807) is 6.20 Å². The van der Waals surface area contributed by atoms with Gasteiger partial charge in [-0.15, -0.1) is 0 Å². The molecule has 0 aliphatic carbocycles. The molecule has 3 aromatic rings. The Morgan fingerprint density at radius 2 is 1.80 bits per heavy atom. The monoisotopic (exact) mass is 434 g/mol. The molecule has 3 N–H and O–H groups in total. The van der Waals surface area contributed by atoms with E-state index in [0.717, 1.165) is 24.3 Å². The van der Waals surface area contributed by atoms with Crippen molar-refractivity contribution in [2.45, 2.75) is 11.1 Å². The smallest absolute Gasteiger partial charge is 0.345 e. The second-order valence-electron chi connectivity index (χ2n) is 6.37. The Morgan fingerprint density at radius 1 is 1.07 bits per heavy atom. The average Bonchev–Trinajstić information content (AvgIpc) is 3.29. The molecule has 2 heterocycles. The van der Waals surface area contributed by atoms with E-state index in [9.17, 15) is 26.4 Å². The highest BCUT2D eigenvalue weighted by atomic mass is 32.2. The van der Waals surface area contributed by atoms with Crippen molar-refractivity contribution in [2.24, 2.45) is 0 Å². The topological polar surface area (TPSA) is 104 Å². The average molecular weight is 434 g/mol.